The van der Waals surface area contributed by atoms with Gasteiger partial charge in [0.25, 0.3) is 5.91 Å². The van der Waals surface area contributed by atoms with E-state index in [1.165, 1.54) is 0 Å². The number of hydrazine groups is 1. The van der Waals surface area contributed by atoms with Gasteiger partial charge in [-0.1, -0.05) is 12.1 Å². The highest BCUT2D eigenvalue weighted by Gasteiger charge is 2.36. The summed E-state index contributed by atoms with van der Waals surface area (Å²) in [6.07, 6.45) is 0.0618. The van der Waals surface area contributed by atoms with Crippen LogP contribution in [0.5, 0.6) is 11.5 Å². The first kappa shape index (κ1) is 21.9. The van der Waals surface area contributed by atoms with Crippen LogP contribution in [0.2, 0.25) is 0 Å². The van der Waals surface area contributed by atoms with Crippen molar-refractivity contribution in [2.75, 3.05) is 37.0 Å². The Bertz CT molecular complexity index is 932. The van der Waals surface area contributed by atoms with E-state index in [0.29, 0.717) is 23.8 Å². The highest BCUT2D eigenvalue weighted by molar-refractivity contribution is 6.01. The minimum absolute atomic E-state index is 0.0237. The van der Waals surface area contributed by atoms with Crippen molar-refractivity contribution in [3.05, 3.63) is 48.5 Å². The molecule has 1 atom stereocenters. The van der Waals surface area contributed by atoms with Crippen LogP contribution in [-0.2, 0) is 14.4 Å². The van der Waals surface area contributed by atoms with Gasteiger partial charge in [-0.25, -0.2) is 0 Å². The van der Waals surface area contributed by atoms with E-state index in [1.54, 1.807) is 48.4 Å². The predicted octanol–water partition coefficient (Wildman–Crippen LogP) is 1.71. The van der Waals surface area contributed by atoms with Crippen LogP contribution in [0.4, 0.5) is 11.4 Å². The van der Waals surface area contributed by atoms with E-state index >= 15 is 0 Å². The molecular weight excluding hydrogens is 400 g/mol. The SMILES string of the molecule is CCOc1ccccc1N1CC(C(=O)NNC(=O)CNc2ccc(OC)cc2)CC1=O. The number of hydrogen-bond acceptors (Lipinski definition) is 6. The Morgan fingerprint density at radius 1 is 1.10 bits per heavy atom. The number of carbonyl (C=O) groups is 3. The molecule has 0 bridgehead atoms. The second kappa shape index (κ2) is 10.3. The Balaban J connectivity index is 1.48. The number of anilines is 2. The summed E-state index contributed by atoms with van der Waals surface area (Å²) in [6, 6.07) is 14.3. The average molecular weight is 426 g/mol. The Morgan fingerprint density at radius 2 is 1.84 bits per heavy atom. The Labute approximate surface area is 180 Å². The third kappa shape index (κ3) is 5.65. The van der Waals surface area contributed by atoms with Gasteiger partial charge in [-0.05, 0) is 43.3 Å². The van der Waals surface area contributed by atoms with Gasteiger partial charge in [0.1, 0.15) is 11.5 Å². The molecule has 1 fully saturated rings. The second-order valence-corrected chi connectivity index (χ2v) is 6.93. The van der Waals surface area contributed by atoms with Crippen LogP contribution in [0.1, 0.15) is 13.3 Å². The summed E-state index contributed by atoms with van der Waals surface area (Å²) in [4.78, 5) is 38.5. The molecule has 1 saturated heterocycles. The van der Waals surface area contributed by atoms with Gasteiger partial charge in [-0.3, -0.25) is 25.2 Å². The molecule has 31 heavy (non-hydrogen) atoms. The van der Waals surface area contributed by atoms with E-state index in [0.717, 1.165) is 5.69 Å². The van der Waals surface area contributed by atoms with Crippen LogP contribution in [0, 0.1) is 5.92 Å². The lowest BCUT2D eigenvalue weighted by molar-refractivity contribution is -0.130. The summed E-state index contributed by atoms with van der Waals surface area (Å²) < 4.78 is 10.7. The lowest BCUT2D eigenvalue weighted by atomic mass is 10.1. The van der Waals surface area contributed by atoms with Crippen molar-refractivity contribution in [2.24, 2.45) is 5.92 Å². The highest BCUT2D eigenvalue weighted by atomic mass is 16.5. The third-order valence-electron chi connectivity index (χ3n) is 4.82. The zero-order valence-electron chi connectivity index (χ0n) is 17.5. The van der Waals surface area contributed by atoms with Crippen LogP contribution in [-0.4, -0.2) is 44.5 Å². The summed E-state index contributed by atoms with van der Waals surface area (Å²) >= 11 is 0. The van der Waals surface area contributed by atoms with E-state index in [1.807, 2.05) is 19.1 Å². The van der Waals surface area contributed by atoms with E-state index in [4.69, 9.17) is 9.47 Å². The molecule has 3 amide bonds. The molecule has 1 aliphatic heterocycles. The van der Waals surface area contributed by atoms with Gasteiger partial charge in [0, 0.05) is 18.7 Å². The number of rotatable bonds is 8. The molecular formula is C22H26N4O5. The maximum absolute atomic E-state index is 12.5. The van der Waals surface area contributed by atoms with Crippen molar-refractivity contribution in [1.29, 1.82) is 0 Å². The zero-order chi connectivity index (χ0) is 22.2. The monoisotopic (exact) mass is 426 g/mol. The van der Waals surface area contributed by atoms with Gasteiger partial charge >= 0.3 is 0 Å². The number of hydrogen-bond donors (Lipinski definition) is 3. The van der Waals surface area contributed by atoms with Gasteiger partial charge < -0.3 is 19.7 Å². The van der Waals surface area contributed by atoms with E-state index in [-0.39, 0.29) is 25.4 Å². The predicted molar refractivity (Wildman–Crippen MR) is 116 cm³/mol. The van der Waals surface area contributed by atoms with Crippen molar-refractivity contribution >= 4 is 29.1 Å². The minimum Gasteiger partial charge on any atom is -0.497 e. The largest absolute Gasteiger partial charge is 0.497 e. The summed E-state index contributed by atoms with van der Waals surface area (Å²) in [5, 5.41) is 2.95. The van der Waals surface area contributed by atoms with Gasteiger partial charge in [0.05, 0.1) is 31.9 Å². The van der Waals surface area contributed by atoms with Gasteiger partial charge in [0.2, 0.25) is 11.8 Å². The van der Waals surface area contributed by atoms with Crippen LogP contribution in [0.3, 0.4) is 0 Å². The number of para-hydroxylation sites is 2. The molecule has 3 rings (SSSR count). The normalized spacial score (nSPS) is 15.4. The molecule has 0 radical (unpaired) electrons. The van der Waals surface area contributed by atoms with Gasteiger partial charge in [0.15, 0.2) is 0 Å². The molecule has 0 spiro atoms. The molecule has 2 aromatic rings. The molecule has 1 unspecified atom stereocenters. The Hall–Kier alpha value is -3.75. The van der Waals surface area contributed by atoms with Crippen molar-refractivity contribution in [3.63, 3.8) is 0 Å². The molecule has 0 saturated carbocycles. The van der Waals surface area contributed by atoms with Crippen LogP contribution < -0.4 is 30.5 Å². The smallest absolute Gasteiger partial charge is 0.257 e. The van der Waals surface area contributed by atoms with Gasteiger partial charge in [-0.15, -0.1) is 0 Å². The first-order valence-electron chi connectivity index (χ1n) is 10.0. The second-order valence-electron chi connectivity index (χ2n) is 6.93. The summed E-state index contributed by atoms with van der Waals surface area (Å²) in [5.41, 5.74) is 6.15. The zero-order valence-corrected chi connectivity index (χ0v) is 17.5. The fourth-order valence-electron chi connectivity index (χ4n) is 3.24. The fraction of sp³-hybridized carbons (Fsp3) is 0.318. The third-order valence-corrected chi connectivity index (χ3v) is 4.82. The molecule has 0 aromatic heterocycles. The van der Waals surface area contributed by atoms with Crippen molar-refractivity contribution < 1.29 is 23.9 Å². The summed E-state index contributed by atoms with van der Waals surface area (Å²) in [5.74, 6) is -0.255. The lowest BCUT2D eigenvalue weighted by Gasteiger charge is -2.20. The number of nitrogens with zero attached hydrogens (tertiary/aromatic N) is 1. The number of carbonyl (C=O) groups excluding carboxylic acids is 3. The van der Waals surface area contributed by atoms with Gasteiger partial charge in [-0.2, -0.15) is 0 Å². The lowest BCUT2D eigenvalue weighted by Crippen LogP contribution is -2.47. The van der Waals surface area contributed by atoms with E-state index < -0.39 is 17.7 Å². The standard InChI is InChI=1S/C22H26N4O5/c1-3-31-19-7-5-4-6-18(19)26-14-15(12-21(26)28)22(29)25-24-20(27)13-23-16-8-10-17(30-2)11-9-16/h4-11,15,23H,3,12-14H2,1-2H3,(H,24,27)(H,25,29). The number of amides is 3. The minimum atomic E-state index is -0.572. The molecule has 164 valence electrons. The Kier molecular flexibility index (Phi) is 7.31. The van der Waals surface area contributed by atoms with Crippen LogP contribution in [0.15, 0.2) is 48.5 Å². The molecule has 1 heterocycles. The maximum Gasteiger partial charge on any atom is 0.257 e. The average Bonchev–Trinajstić information content (AvgIpc) is 3.18. The first-order chi connectivity index (χ1) is 15.0. The fourth-order valence-corrected chi connectivity index (χ4v) is 3.24. The maximum atomic E-state index is 12.5. The van der Waals surface area contributed by atoms with E-state index in [2.05, 4.69) is 16.2 Å². The summed E-state index contributed by atoms with van der Waals surface area (Å²) in [7, 11) is 1.58. The number of methoxy groups -OCH3 is 1. The quantitative estimate of drug-likeness (QED) is 0.555. The molecule has 0 aliphatic carbocycles. The molecule has 1 aliphatic rings. The number of benzene rings is 2. The number of ether oxygens (including phenoxy) is 2. The number of nitrogens with one attached hydrogen (secondary N) is 3. The summed E-state index contributed by atoms with van der Waals surface area (Å²) in [6.45, 7) is 2.53. The topological polar surface area (TPSA) is 109 Å². The van der Waals surface area contributed by atoms with E-state index in [9.17, 15) is 14.4 Å². The molecule has 9 heteroatoms. The van der Waals surface area contributed by atoms with Crippen LogP contribution in [0.25, 0.3) is 0 Å². The molecule has 3 N–H and O–H groups in total. The van der Waals surface area contributed by atoms with Crippen molar-refractivity contribution in [3.8, 4) is 11.5 Å². The van der Waals surface area contributed by atoms with Crippen molar-refractivity contribution in [2.45, 2.75) is 13.3 Å². The molecule has 2 aromatic carbocycles. The first-order valence-corrected chi connectivity index (χ1v) is 10.0. The van der Waals surface area contributed by atoms with Crippen LogP contribution >= 0.6 is 0 Å². The Morgan fingerprint density at radius 3 is 2.55 bits per heavy atom. The van der Waals surface area contributed by atoms with Crippen molar-refractivity contribution in [1.82, 2.24) is 10.9 Å². The highest BCUT2D eigenvalue weighted by Crippen LogP contribution is 2.33. The molecule has 9 nitrogen and oxygen atoms in total.